The first-order valence-electron chi connectivity index (χ1n) is 7.75. The van der Waals surface area contributed by atoms with Crippen LogP contribution in [0.2, 0.25) is 0 Å². The molecule has 2 aromatic rings. The van der Waals surface area contributed by atoms with Crippen molar-refractivity contribution < 1.29 is 4.79 Å². The second kappa shape index (κ2) is 6.22. The van der Waals surface area contributed by atoms with Crippen molar-refractivity contribution in [3.05, 3.63) is 52.9 Å². The first kappa shape index (κ1) is 14.6. The Hall–Kier alpha value is -2.30. The van der Waals surface area contributed by atoms with Crippen LogP contribution in [-0.2, 0) is 12.8 Å². The summed E-state index contributed by atoms with van der Waals surface area (Å²) >= 11 is 0. The molecule has 0 unspecified atom stereocenters. The van der Waals surface area contributed by atoms with Gasteiger partial charge in [0.25, 0.3) is 5.91 Å². The molecule has 2 aromatic heterocycles. The Bertz CT molecular complexity index is 699. The van der Waals surface area contributed by atoms with Gasteiger partial charge < -0.3 is 5.32 Å². The van der Waals surface area contributed by atoms with Crippen molar-refractivity contribution in [2.24, 2.45) is 0 Å². The van der Waals surface area contributed by atoms with Gasteiger partial charge in [0.15, 0.2) is 0 Å². The molecule has 1 amide bonds. The minimum atomic E-state index is -0.0438. The quantitative estimate of drug-likeness (QED) is 0.945. The summed E-state index contributed by atoms with van der Waals surface area (Å²) in [5.74, 6) is 0.741. The Kier molecular flexibility index (Phi) is 4.13. The number of fused-ring (bicyclic) bond motifs is 1. The molecule has 2 heterocycles. The van der Waals surface area contributed by atoms with E-state index in [-0.39, 0.29) is 11.9 Å². The Labute approximate surface area is 130 Å². The van der Waals surface area contributed by atoms with Crippen LogP contribution in [0.4, 0.5) is 0 Å². The number of rotatable bonds is 3. The molecule has 5 nitrogen and oxygen atoms in total. The molecule has 0 bridgehead atoms. The average Bonchev–Trinajstić information content (AvgIpc) is 2.54. The van der Waals surface area contributed by atoms with Gasteiger partial charge in [0.05, 0.1) is 6.04 Å². The van der Waals surface area contributed by atoms with Crippen molar-refractivity contribution in [2.75, 3.05) is 0 Å². The van der Waals surface area contributed by atoms with Gasteiger partial charge in [0, 0.05) is 35.4 Å². The van der Waals surface area contributed by atoms with Crippen molar-refractivity contribution >= 4 is 5.91 Å². The molecule has 3 rings (SSSR count). The lowest BCUT2D eigenvalue weighted by Gasteiger charge is -2.25. The number of carbonyl (C=O) groups is 1. The Morgan fingerprint density at radius 3 is 3.09 bits per heavy atom. The number of nitrogens with zero attached hydrogens (tertiary/aromatic N) is 3. The highest BCUT2D eigenvalue weighted by atomic mass is 16.1. The lowest BCUT2D eigenvalue weighted by molar-refractivity contribution is 0.0931. The standard InChI is InChI=1S/C17H20N4O/c1-3-12-9-18-8-7-13(12)17(22)21-16-6-4-5-15-14(16)10-19-11(2)20-15/h7-10,16H,3-6H2,1-2H3,(H,21,22)/t16-/m1/s1. The number of pyridine rings is 1. The Morgan fingerprint density at radius 2 is 2.27 bits per heavy atom. The average molecular weight is 296 g/mol. The maximum absolute atomic E-state index is 12.6. The zero-order valence-corrected chi connectivity index (χ0v) is 13.0. The van der Waals surface area contributed by atoms with Gasteiger partial charge in [-0.1, -0.05) is 6.92 Å². The van der Waals surface area contributed by atoms with E-state index < -0.39 is 0 Å². The molecule has 0 spiro atoms. The van der Waals surface area contributed by atoms with E-state index in [1.165, 1.54) is 0 Å². The zero-order chi connectivity index (χ0) is 15.5. The van der Waals surface area contributed by atoms with Crippen molar-refractivity contribution in [3.8, 4) is 0 Å². The SMILES string of the molecule is CCc1cnccc1C(=O)N[C@@H]1CCCc2nc(C)ncc21. The maximum atomic E-state index is 12.6. The van der Waals surface area contributed by atoms with Crippen molar-refractivity contribution in [1.82, 2.24) is 20.3 Å². The molecule has 0 aromatic carbocycles. The molecular weight excluding hydrogens is 276 g/mol. The second-order valence-electron chi connectivity index (χ2n) is 5.62. The Balaban J connectivity index is 1.84. The highest BCUT2D eigenvalue weighted by molar-refractivity contribution is 5.95. The van der Waals surface area contributed by atoms with Crippen LogP contribution in [-0.4, -0.2) is 20.9 Å². The number of carbonyl (C=O) groups excluding carboxylic acids is 1. The topological polar surface area (TPSA) is 67.8 Å². The molecule has 5 heteroatoms. The predicted octanol–water partition coefficient (Wildman–Crippen LogP) is 2.55. The summed E-state index contributed by atoms with van der Waals surface area (Å²) in [6.07, 6.45) is 8.99. The van der Waals surface area contributed by atoms with Gasteiger partial charge >= 0.3 is 0 Å². The van der Waals surface area contributed by atoms with E-state index >= 15 is 0 Å². The fourth-order valence-electron chi connectivity index (χ4n) is 2.96. The number of hydrogen-bond donors (Lipinski definition) is 1. The van der Waals surface area contributed by atoms with E-state index in [1.54, 1.807) is 18.5 Å². The van der Waals surface area contributed by atoms with Gasteiger partial charge in [-0.15, -0.1) is 0 Å². The predicted molar refractivity (Wildman–Crippen MR) is 83.5 cm³/mol. The number of aryl methyl sites for hydroxylation is 3. The molecular formula is C17H20N4O. The third kappa shape index (κ3) is 2.84. The molecule has 0 radical (unpaired) electrons. The highest BCUT2D eigenvalue weighted by Crippen LogP contribution is 2.28. The zero-order valence-electron chi connectivity index (χ0n) is 13.0. The second-order valence-corrected chi connectivity index (χ2v) is 5.62. The normalized spacial score (nSPS) is 16.9. The van der Waals surface area contributed by atoms with Crippen molar-refractivity contribution in [2.45, 2.75) is 45.6 Å². The van der Waals surface area contributed by atoms with Crippen LogP contribution in [0.25, 0.3) is 0 Å². The smallest absolute Gasteiger partial charge is 0.252 e. The number of nitrogens with one attached hydrogen (secondary N) is 1. The van der Waals surface area contributed by atoms with Crippen LogP contribution in [0.1, 0.15) is 58.8 Å². The molecule has 1 N–H and O–H groups in total. The third-order valence-electron chi connectivity index (χ3n) is 4.14. The number of aromatic nitrogens is 3. The van der Waals surface area contributed by atoms with Crippen molar-refractivity contribution in [1.29, 1.82) is 0 Å². The van der Waals surface area contributed by atoms with Crippen LogP contribution >= 0.6 is 0 Å². The molecule has 0 aliphatic heterocycles. The van der Waals surface area contributed by atoms with E-state index in [4.69, 9.17) is 0 Å². The molecule has 22 heavy (non-hydrogen) atoms. The highest BCUT2D eigenvalue weighted by Gasteiger charge is 2.24. The molecule has 0 fully saturated rings. The van der Waals surface area contributed by atoms with Crippen LogP contribution in [0.15, 0.2) is 24.7 Å². The summed E-state index contributed by atoms with van der Waals surface area (Å²) < 4.78 is 0. The van der Waals surface area contributed by atoms with E-state index in [9.17, 15) is 4.79 Å². The molecule has 1 aliphatic rings. The van der Waals surface area contributed by atoms with Crippen LogP contribution in [0.5, 0.6) is 0 Å². The summed E-state index contributed by atoms with van der Waals surface area (Å²) in [6, 6.07) is 1.78. The summed E-state index contributed by atoms with van der Waals surface area (Å²) in [4.78, 5) is 25.5. The van der Waals surface area contributed by atoms with Gasteiger partial charge in [-0.05, 0) is 44.2 Å². The van der Waals surface area contributed by atoms with Crippen LogP contribution in [0, 0.1) is 6.92 Å². The Morgan fingerprint density at radius 1 is 1.41 bits per heavy atom. The minimum Gasteiger partial charge on any atom is -0.345 e. The molecule has 0 saturated carbocycles. The third-order valence-corrected chi connectivity index (χ3v) is 4.14. The summed E-state index contributed by atoms with van der Waals surface area (Å²) in [7, 11) is 0. The summed E-state index contributed by atoms with van der Waals surface area (Å²) in [5, 5.41) is 3.14. The molecule has 0 saturated heterocycles. The largest absolute Gasteiger partial charge is 0.345 e. The molecule has 1 atom stereocenters. The van der Waals surface area contributed by atoms with Gasteiger partial charge in [0.1, 0.15) is 5.82 Å². The van der Waals surface area contributed by atoms with Gasteiger partial charge in [-0.25, -0.2) is 9.97 Å². The van der Waals surface area contributed by atoms with Crippen molar-refractivity contribution in [3.63, 3.8) is 0 Å². The first-order valence-corrected chi connectivity index (χ1v) is 7.75. The summed E-state index contributed by atoms with van der Waals surface area (Å²) in [5.41, 5.74) is 3.79. The van der Waals surface area contributed by atoms with E-state index in [0.29, 0.717) is 5.56 Å². The maximum Gasteiger partial charge on any atom is 0.252 e. The van der Waals surface area contributed by atoms with Crippen LogP contribution in [0.3, 0.4) is 0 Å². The summed E-state index contributed by atoms with van der Waals surface area (Å²) in [6.45, 7) is 3.92. The van der Waals surface area contributed by atoms with E-state index in [0.717, 1.165) is 48.3 Å². The van der Waals surface area contributed by atoms with Gasteiger partial charge in [-0.2, -0.15) is 0 Å². The van der Waals surface area contributed by atoms with E-state index in [2.05, 4.69) is 20.3 Å². The lowest BCUT2D eigenvalue weighted by atomic mass is 9.92. The first-order chi connectivity index (χ1) is 10.7. The monoisotopic (exact) mass is 296 g/mol. The lowest BCUT2D eigenvalue weighted by Crippen LogP contribution is -2.32. The fourth-order valence-corrected chi connectivity index (χ4v) is 2.96. The van der Waals surface area contributed by atoms with E-state index in [1.807, 2.05) is 20.0 Å². The number of hydrogen-bond acceptors (Lipinski definition) is 4. The fraction of sp³-hybridized carbons (Fsp3) is 0.412. The number of amides is 1. The van der Waals surface area contributed by atoms with Gasteiger partial charge in [0.2, 0.25) is 0 Å². The molecule has 114 valence electrons. The van der Waals surface area contributed by atoms with Gasteiger partial charge in [-0.3, -0.25) is 9.78 Å². The minimum absolute atomic E-state index is 0.00489. The van der Waals surface area contributed by atoms with Crippen LogP contribution < -0.4 is 5.32 Å². The molecule has 1 aliphatic carbocycles.